The molecule has 0 saturated carbocycles. The zero-order valence-electron chi connectivity index (χ0n) is 5.71. The van der Waals surface area contributed by atoms with E-state index in [-0.39, 0.29) is 0 Å². The molecule has 0 atom stereocenters. The van der Waals surface area contributed by atoms with E-state index in [0.717, 1.165) is 0 Å². The highest BCUT2D eigenvalue weighted by atomic mass is 32.8. The van der Waals surface area contributed by atoms with Crippen LogP contribution in [0.5, 0.6) is 0 Å². The Morgan fingerprint density at radius 2 is 0.875 bits per heavy atom. The average Bonchev–Trinajstić information content (AvgIpc) is 1.25. The molecule has 0 aromatic heterocycles. The lowest BCUT2D eigenvalue weighted by Crippen LogP contribution is -1.73. The summed E-state index contributed by atoms with van der Waals surface area (Å²) in [4.78, 5) is 0. The molecule has 0 nitrogen and oxygen atoms in total. The van der Waals surface area contributed by atoms with Gasteiger partial charge in [0.1, 0.15) is 0 Å². The third-order valence-corrected chi connectivity index (χ3v) is 18.7. The Balaban J connectivity index is 4.53. The fourth-order valence-electron chi connectivity index (χ4n) is 0. The van der Waals surface area contributed by atoms with Crippen molar-refractivity contribution in [3.05, 3.63) is 0 Å². The molecule has 0 bridgehead atoms. The average molecular weight is 186 g/mol. The van der Waals surface area contributed by atoms with E-state index in [2.05, 4.69) is 26.7 Å². The Morgan fingerprint density at radius 3 is 0.875 bits per heavy atom. The van der Waals surface area contributed by atoms with Crippen LogP contribution in [-0.4, -0.2) is 26.7 Å². The van der Waals surface area contributed by atoms with Crippen LogP contribution in [0, 0.1) is 0 Å². The van der Waals surface area contributed by atoms with Gasteiger partial charge in [0, 0.05) is 0 Å². The summed E-state index contributed by atoms with van der Waals surface area (Å²) in [6, 6.07) is 0. The predicted molar refractivity (Wildman–Crippen MR) is 52.3 cm³/mol. The molecule has 0 spiro atoms. The second-order valence-corrected chi connectivity index (χ2v) is 20.9. The lowest BCUT2D eigenvalue weighted by Gasteiger charge is -2.18. The first-order valence-corrected chi connectivity index (χ1v) is 10.5. The second-order valence-electron chi connectivity index (χ2n) is 2.59. The van der Waals surface area contributed by atoms with Gasteiger partial charge in [0.05, 0.1) is 0 Å². The molecule has 0 aliphatic carbocycles. The molecule has 0 unspecified atom stereocenters. The molecule has 0 saturated heterocycles. The highest BCUT2D eigenvalue weighted by Crippen LogP contribution is 2.73. The summed E-state index contributed by atoms with van der Waals surface area (Å²) in [6.45, 7) is 8.57. The summed E-state index contributed by atoms with van der Waals surface area (Å²) in [5.41, 5.74) is -2.18. The van der Waals surface area contributed by atoms with Crippen LogP contribution < -0.4 is 0 Å². The second kappa shape index (κ2) is 2.50. The van der Waals surface area contributed by atoms with Crippen LogP contribution in [0.4, 0.5) is 0 Å². The normalized spacial score (nSPS) is 14.0. The van der Waals surface area contributed by atoms with E-state index in [1.54, 1.807) is 0 Å². The SMILES string of the molecule is CP(C)(=S)P(C)(C)=S. The molecule has 4 heteroatoms. The van der Waals surface area contributed by atoms with E-state index in [9.17, 15) is 0 Å². The van der Waals surface area contributed by atoms with Crippen molar-refractivity contribution in [2.75, 3.05) is 26.7 Å². The van der Waals surface area contributed by atoms with Crippen molar-refractivity contribution >= 4 is 35.1 Å². The molecule has 0 fully saturated rings. The fourth-order valence-corrected chi connectivity index (χ4v) is 0. The van der Waals surface area contributed by atoms with Crippen LogP contribution in [0.3, 0.4) is 0 Å². The number of rotatable bonds is 1. The Kier molecular flexibility index (Phi) is 2.91. The molecule has 0 aliphatic heterocycles. The predicted octanol–water partition coefficient (Wildman–Crippen LogP) is 2.38. The van der Waals surface area contributed by atoms with Crippen LogP contribution in [0.1, 0.15) is 0 Å². The molecule has 0 amide bonds. The minimum Gasteiger partial charge on any atom is -0.0925 e. The van der Waals surface area contributed by atoms with Crippen LogP contribution in [-0.2, 0) is 23.6 Å². The van der Waals surface area contributed by atoms with Gasteiger partial charge in [0.25, 0.3) is 0 Å². The molecule has 0 aromatic rings. The number of hydrogen-bond acceptors (Lipinski definition) is 2. The van der Waals surface area contributed by atoms with E-state index in [0.29, 0.717) is 0 Å². The lowest BCUT2D eigenvalue weighted by atomic mass is 11.9. The smallest absolute Gasteiger partial charge is 0.0193 e. The summed E-state index contributed by atoms with van der Waals surface area (Å²) >= 11 is 10.6. The quantitative estimate of drug-likeness (QED) is 0.577. The van der Waals surface area contributed by atoms with Gasteiger partial charge in [-0.25, -0.2) is 0 Å². The standard InChI is InChI=1S/C4H12P2S2/c1-5(2,7)6(3,4)8/h1-4H3. The van der Waals surface area contributed by atoms with E-state index in [4.69, 9.17) is 23.6 Å². The molecule has 50 valence electrons. The zero-order chi connectivity index (χ0) is 7.00. The fraction of sp³-hybridized carbons (Fsp3) is 1.00. The molecule has 0 aromatic carbocycles. The van der Waals surface area contributed by atoms with Crippen molar-refractivity contribution in [2.45, 2.75) is 0 Å². The highest BCUT2D eigenvalue weighted by Gasteiger charge is 2.13. The van der Waals surface area contributed by atoms with Gasteiger partial charge < -0.3 is 0 Å². The van der Waals surface area contributed by atoms with Crippen LogP contribution in [0.25, 0.3) is 0 Å². The Hall–Kier alpha value is 1.30. The van der Waals surface area contributed by atoms with Crippen molar-refractivity contribution in [2.24, 2.45) is 0 Å². The molecular weight excluding hydrogens is 174 g/mol. The van der Waals surface area contributed by atoms with E-state index < -0.39 is 11.5 Å². The van der Waals surface area contributed by atoms with Crippen LogP contribution in [0.2, 0.25) is 0 Å². The molecular formula is C4H12P2S2. The zero-order valence-corrected chi connectivity index (χ0v) is 9.13. The molecule has 0 aliphatic rings. The minimum absolute atomic E-state index is 1.09. The Labute approximate surface area is 62.0 Å². The van der Waals surface area contributed by atoms with Crippen molar-refractivity contribution < 1.29 is 0 Å². The summed E-state index contributed by atoms with van der Waals surface area (Å²) < 4.78 is 0. The maximum atomic E-state index is 5.28. The third kappa shape index (κ3) is 2.73. The Bertz CT molecular complexity index is 141. The van der Waals surface area contributed by atoms with Gasteiger partial charge in [-0.2, -0.15) is 0 Å². The van der Waals surface area contributed by atoms with Crippen LogP contribution in [0.15, 0.2) is 0 Å². The Morgan fingerprint density at radius 1 is 0.750 bits per heavy atom. The number of hydrogen-bond donors (Lipinski definition) is 0. The summed E-state index contributed by atoms with van der Waals surface area (Å²) in [5.74, 6) is 0. The van der Waals surface area contributed by atoms with Gasteiger partial charge in [-0.15, -0.1) is 0 Å². The highest BCUT2D eigenvalue weighted by molar-refractivity contribution is 8.65. The molecule has 8 heavy (non-hydrogen) atoms. The first-order valence-electron chi connectivity index (χ1n) is 2.35. The largest absolute Gasteiger partial charge is 0.0925 e. The monoisotopic (exact) mass is 186 g/mol. The summed E-state index contributed by atoms with van der Waals surface area (Å²) in [6.07, 6.45) is 0. The third-order valence-electron chi connectivity index (χ3n) is 1.16. The van der Waals surface area contributed by atoms with E-state index >= 15 is 0 Å². The van der Waals surface area contributed by atoms with Crippen LogP contribution >= 0.6 is 11.5 Å². The topological polar surface area (TPSA) is 0 Å². The molecule has 0 rings (SSSR count). The maximum Gasteiger partial charge on any atom is -0.0193 e. The van der Waals surface area contributed by atoms with Gasteiger partial charge in [0.2, 0.25) is 0 Å². The minimum atomic E-state index is -1.09. The first kappa shape index (κ1) is 9.30. The first-order chi connectivity index (χ1) is 3.25. The lowest BCUT2D eigenvalue weighted by molar-refractivity contribution is 2.20. The van der Waals surface area contributed by atoms with Gasteiger partial charge in [-0.3, -0.25) is 0 Å². The van der Waals surface area contributed by atoms with E-state index in [1.165, 1.54) is 0 Å². The molecule has 0 N–H and O–H groups in total. The van der Waals surface area contributed by atoms with E-state index in [1.807, 2.05) is 0 Å². The van der Waals surface area contributed by atoms with Gasteiger partial charge in [-0.1, -0.05) is 23.6 Å². The van der Waals surface area contributed by atoms with Crippen molar-refractivity contribution in [1.82, 2.24) is 0 Å². The van der Waals surface area contributed by atoms with Crippen molar-refractivity contribution in [3.8, 4) is 0 Å². The molecule has 0 radical (unpaired) electrons. The molecule has 0 heterocycles. The van der Waals surface area contributed by atoms with Crippen molar-refractivity contribution in [1.29, 1.82) is 0 Å². The maximum absolute atomic E-state index is 5.28. The van der Waals surface area contributed by atoms with Gasteiger partial charge in [0.15, 0.2) is 0 Å². The van der Waals surface area contributed by atoms with Gasteiger partial charge in [-0.05, 0) is 38.1 Å². The van der Waals surface area contributed by atoms with Gasteiger partial charge >= 0.3 is 0 Å². The summed E-state index contributed by atoms with van der Waals surface area (Å²) in [5, 5.41) is 0. The van der Waals surface area contributed by atoms with Crippen molar-refractivity contribution in [3.63, 3.8) is 0 Å². The summed E-state index contributed by atoms with van der Waals surface area (Å²) in [7, 11) is 0.